The lowest BCUT2D eigenvalue weighted by Gasteiger charge is -2.35. The normalized spacial score (nSPS) is 15.7. The number of piperidine rings is 1. The smallest absolute Gasteiger partial charge is 0.324 e. The first-order valence-corrected chi connectivity index (χ1v) is 14.0. The van der Waals surface area contributed by atoms with E-state index in [9.17, 15) is 13.2 Å². The van der Waals surface area contributed by atoms with Crippen molar-refractivity contribution in [1.82, 2.24) is 9.62 Å². The minimum Gasteiger partial charge on any atom is -0.497 e. The lowest BCUT2D eigenvalue weighted by Crippen LogP contribution is -2.50. The molecule has 3 aromatic rings. The Morgan fingerprint density at radius 3 is 2.08 bits per heavy atom. The van der Waals surface area contributed by atoms with Crippen LogP contribution in [0, 0.1) is 5.92 Å². The van der Waals surface area contributed by atoms with E-state index in [2.05, 4.69) is 21.8 Å². The van der Waals surface area contributed by atoms with Crippen molar-refractivity contribution in [3.63, 3.8) is 0 Å². The first-order chi connectivity index (χ1) is 17.9. The molecule has 1 saturated heterocycles. The molecule has 0 aromatic heterocycles. The fraction of sp³-hybridized carbons (Fsp3) is 0.345. The summed E-state index contributed by atoms with van der Waals surface area (Å²) in [6.07, 6.45) is 2.39. The summed E-state index contributed by atoms with van der Waals surface area (Å²) in [6.45, 7) is 2.55. The topological polar surface area (TPSA) is 84.9 Å². The predicted molar refractivity (Wildman–Crippen MR) is 144 cm³/mol. The quantitative estimate of drug-likeness (QED) is 0.403. The maximum Gasteiger partial charge on any atom is 0.324 e. The number of methoxy groups -OCH3 is 2. The fourth-order valence-corrected chi connectivity index (χ4v) is 6.00. The van der Waals surface area contributed by atoms with Crippen molar-refractivity contribution in [2.75, 3.05) is 33.9 Å². The highest BCUT2D eigenvalue weighted by molar-refractivity contribution is 7.89. The zero-order chi connectivity index (χ0) is 26.3. The number of benzene rings is 3. The third kappa shape index (κ3) is 6.97. The number of hydrogen-bond donors (Lipinski definition) is 1. The van der Waals surface area contributed by atoms with Gasteiger partial charge in [0.1, 0.15) is 11.8 Å². The van der Waals surface area contributed by atoms with Crippen LogP contribution >= 0.6 is 0 Å². The molecule has 1 N–H and O–H groups in total. The molecule has 1 atom stereocenters. The maximum atomic E-state index is 13.2. The molecule has 8 heteroatoms. The van der Waals surface area contributed by atoms with Crippen molar-refractivity contribution >= 4 is 16.0 Å². The van der Waals surface area contributed by atoms with E-state index in [0.29, 0.717) is 12.8 Å². The molecule has 0 bridgehead atoms. The molecular formula is C29H34N2O5S. The number of sulfonamides is 1. The second-order valence-corrected chi connectivity index (χ2v) is 11.0. The summed E-state index contributed by atoms with van der Waals surface area (Å²) in [5.74, 6) is 0.0676. The van der Waals surface area contributed by atoms with Crippen LogP contribution < -0.4 is 9.46 Å². The Balaban J connectivity index is 1.39. The number of nitrogens with one attached hydrogen (secondary N) is 1. The molecule has 0 spiro atoms. The number of rotatable bonds is 10. The summed E-state index contributed by atoms with van der Waals surface area (Å²) in [5.41, 5.74) is 3.13. The average Bonchev–Trinajstić information content (AvgIpc) is 2.95. The second kappa shape index (κ2) is 12.4. The number of carbonyl (C=O) groups excluding carboxylic acids is 1. The lowest BCUT2D eigenvalue weighted by molar-refractivity contribution is -0.144. The molecule has 1 unspecified atom stereocenters. The highest BCUT2D eigenvalue weighted by atomic mass is 32.2. The van der Waals surface area contributed by atoms with E-state index in [1.54, 1.807) is 31.4 Å². The van der Waals surface area contributed by atoms with Crippen molar-refractivity contribution in [3.05, 3.63) is 84.4 Å². The van der Waals surface area contributed by atoms with Gasteiger partial charge in [-0.25, -0.2) is 8.42 Å². The maximum absolute atomic E-state index is 13.2. The molecule has 37 heavy (non-hydrogen) atoms. The standard InChI is InChI=1S/C29H34N2O5S/c1-35-26-12-8-23(9-13-26)24-10-14-27(15-11-24)37(33,34)30-28(29(32)36-2)25-17-20-31(21-18-25)19-16-22-6-4-3-5-7-22/h3-15,25,28,30H,16-21H2,1-2H3. The minimum atomic E-state index is -3.92. The fourth-order valence-electron chi connectivity index (χ4n) is 4.75. The van der Waals surface area contributed by atoms with Crippen LogP contribution in [0.25, 0.3) is 11.1 Å². The Morgan fingerprint density at radius 2 is 1.51 bits per heavy atom. The van der Waals surface area contributed by atoms with Crippen molar-refractivity contribution in [3.8, 4) is 16.9 Å². The summed E-state index contributed by atoms with van der Waals surface area (Å²) in [7, 11) is -1.01. The number of ether oxygens (including phenoxy) is 2. The Morgan fingerprint density at radius 1 is 0.919 bits per heavy atom. The monoisotopic (exact) mass is 522 g/mol. The zero-order valence-electron chi connectivity index (χ0n) is 21.3. The van der Waals surface area contributed by atoms with Gasteiger partial charge in [0.25, 0.3) is 0 Å². The largest absolute Gasteiger partial charge is 0.497 e. The van der Waals surface area contributed by atoms with Crippen LogP contribution in [0.2, 0.25) is 0 Å². The van der Waals surface area contributed by atoms with Gasteiger partial charge in [-0.15, -0.1) is 0 Å². The molecule has 0 radical (unpaired) electrons. The van der Waals surface area contributed by atoms with Crippen molar-refractivity contribution < 1.29 is 22.7 Å². The third-order valence-electron chi connectivity index (χ3n) is 6.99. The van der Waals surface area contributed by atoms with E-state index in [-0.39, 0.29) is 10.8 Å². The van der Waals surface area contributed by atoms with E-state index in [1.165, 1.54) is 12.7 Å². The van der Waals surface area contributed by atoms with Gasteiger partial charge >= 0.3 is 5.97 Å². The van der Waals surface area contributed by atoms with E-state index >= 15 is 0 Å². The zero-order valence-corrected chi connectivity index (χ0v) is 22.1. The summed E-state index contributed by atoms with van der Waals surface area (Å²) in [5, 5.41) is 0. The molecular weight excluding hydrogens is 488 g/mol. The Bertz CT molecular complexity index is 1250. The molecule has 0 amide bonds. The Kier molecular flexibility index (Phi) is 8.97. The van der Waals surface area contributed by atoms with Gasteiger partial charge in [-0.05, 0) is 79.2 Å². The SMILES string of the molecule is COC(=O)C(NS(=O)(=O)c1ccc(-c2ccc(OC)cc2)cc1)C1CCN(CCc2ccccc2)CC1. The molecule has 0 aliphatic carbocycles. The van der Waals surface area contributed by atoms with E-state index in [0.717, 1.165) is 42.9 Å². The Labute approximate surface area is 219 Å². The molecule has 1 aliphatic heterocycles. The molecule has 3 aromatic carbocycles. The number of esters is 1. The molecule has 1 heterocycles. The summed E-state index contributed by atoms with van der Waals surface area (Å²) >= 11 is 0. The molecule has 0 saturated carbocycles. The van der Waals surface area contributed by atoms with Crippen molar-refractivity contribution in [1.29, 1.82) is 0 Å². The van der Waals surface area contributed by atoms with Gasteiger partial charge in [0, 0.05) is 6.54 Å². The van der Waals surface area contributed by atoms with Crippen LogP contribution in [0.5, 0.6) is 5.75 Å². The van der Waals surface area contributed by atoms with Gasteiger partial charge < -0.3 is 14.4 Å². The van der Waals surface area contributed by atoms with E-state index in [1.807, 2.05) is 42.5 Å². The summed E-state index contributed by atoms with van der Waals surface area (Å²) < 4.78 is 39.2. The first-order valence-electron chi connectivity index (χ1n) is 12.5. The van der Waals surface area contributed by atoms with Crippen LogP contribution in [0.4, 0.5) is 0 Å². The molecule has 196 valence electrons. The second-order valence-electron chi connectivity index (χ2n) is 9.29. The van der Waals surface area contributed by atoms with E-state index in [4.69, 9.17) is 9.47 Å². The minimum absolute atomic E-state index is 0.110. The lowest BCUT2D eigenvalue weighted by atomic mass is 9.89. The van der Waals surface area contributed by atoms with E-state index < -0.39 is 22.0 Å². The van der Waals surface area contributed by atoms with Gasteiger partial charge in [0.15, 0.2) is 0 Å². The van der Waals surface area contributed by atoms with Crippen LogP contribution in [-0.2, 0) is 26.0 Å². The predicted octanol–water partition coefficient (Wildman–Crippen LogP) is 4.14. The highest BCUT2D eigenvalue weighted by Gasteiger charge is 2.35. The summed E-state index contributed by atoms with van der Waals surface area (Å²) in [6, 6.07) is 23.6. The Hall–Kier alpha value is -3.20. The van der Waals surface area contributed by atoms with Gasteiger partial charge in [0.05, 0.1) is 19.1 Å². The van der Waals surface area contributed by atoms with Crippen LogP contribution in [0.15, 0.2) is 83.8 Å². The summed E-state index contributed by atoms with van der Waals surface area (Å²) in [4.78, 5) is 15.1. The average molecular weight is 523 g/mol. The number of carbonyl (C=O) groups is 1. The van der Waals surface area contributed by atoms with Crippen molar-refractivity contribution in [2.45, 2.75) is 30.2 Å². The molecule has 1 fully saturated rings. The number of nitrogens with zero attached hydrogens (tertiary/aromatic N) is 1. The van der Waals surface area contributed by atoms with Gasteiger partial charge in [0.2, 0.25) is 10.0 Å². The number of likely N-dealkylation sites (tertiary alicyclic amines) is 1. The molecule has 7 nitrogen and oxygen atoms in total. The van der Waals surface area contributed by atoms with Gasteiger partial charge in [-0.1, -0.05) is 54.6 Å². The molecule has 4 rings (SSSR count). The van der Waals surface area contributed by atoms with Gasteiger partial charge in [-0.3, -0.25) is 4.79 Å². The number of hydrogen-bond acceptors (Lipinski definition) is 6. The highest BCUT2D eigenvalue weighted by Crippen LogP contribution is 2.26. The van der Waals surface area contributed by atoms with Crippen LogP contribution in [0.3, 0.4) is 0 Å². The van der Waals surface area contributed by atoms with Crippen LogP contribution in [-0.4, -0.2) is 59.2 Å². The molecule has 1 aliphatic rings. The van der Waals surface area contributed by atoms with Gasteiger partial charge in [-0.2, -0.15) is 4.72 Å². The van der Waals surface area contributed by atoms with Crippen LogP contribution in [0.1, 0.15) is 18.4 Å². The third-order valence-corrected chi connectivity index (χ3v) is 8.45. The van der Waals surface area contributed by atoms with Crippen molar-refractivity contribution in [2.24, 2.45) is 5.92 Å². The first kappa shape index (κ1) is 26.9.